The molecule has 11 heteroatoms. The van der Waals surface area contributed by atoms with Crippen molar-refractivity contribution < 1.29 is 33.4 Å². The first-order valence-electron chi connectivity index (χ1n) is 5.23. The number of nitrogens with one attached hydrogen (secondary N) is 1. The SMILES string of the molecule is O=P(O)(O)CC(OC1CCNCC1S)P(=O)(O)O. The van der Waals surface area contributed by atoms with Crippen LogP contribution in [0.5, 0.6) is 0 Å². The normalized spacial score (nSPS) is 28.1. The summed E-state index contributed by atoms with van der Waals surface area (Å²) in [5.74, 6) is -1.80. The fraction of sp³-hybridized carbons (Fsp3) is 1.00. The zero-order valence-electron chi connectivity index (χ0n) is 9.42. The van der Waals surface area contributed by atoms with Crippen molar-refractivity contribution in [3.8, 4) is 0 Å². The second-order valence-electron chi connectivity index (χ2n) is 4.13. The van der Waals surface area contributed by atoms with Crippen LogP contribution in [-0.2, 0) is 13.9 Å². The van der Waals surface area contributed by atoms with E-state index in [2.05, 4.69) is 17.9 Å². The number of rotatable bonds is 5. The van der Waals surface area contributed by atoms with Crippen LogP contribution < -0.4 is 5.32 Å². The van der Waals surface area contributed by atoms with Gasteiger partial charge in [0.1, 0.15) is 0 Å². The molecule has 0 amide bonds. The molecule has 1 aliphatic heterocycles. The summed E-state index contributed by atoms with van der Waals surface area (Å²) >= 11 is 4.20. The number of hydrogen-bond acceptors (Lipinski definition) is 5. The lowest BCUT2D eigenvalue weighted by atomic mass is 10.1. The predicted octanol–water partition coefficient (Wildman–Crippen LogP) is -0.655. The topological polar surface area (TPSA) is 136 Å². The maximum Gasteiger partial charge on any atom is 0.354 e. The Hall–Kier alpha value is 0.570. The largest absolute Gasteiger partial charge is 0.360 e. The Kier molecular flexibility index (Phi) is 5.86. The van der Waals surface area contributed by atoms with Gasteiger partial charge in [0.15, 0.2) is 5.85 Å². The van der Waals surface area contributed by atoms with Crippen molar-refractivity contribution >= 4 is 27.8 Å². The Morgan fingerprint density at radius 3 is 2.39 bits per heavy atom. The first-order chi connectivity index (χ1) is 8.09. The van der Waals surface area contributed by atoms with Gasteiger partial charge in [0.2, 0.25) is 0 Å². The maximum atomic E-state index is 11.2. The fourth-order valence-electron chi connectivity index (χ4n) is 1.61. The lowest BCUT2D eigenvalue weighted by Crippen LogP contribution is -2.44. The summed E-state index contributed by atoms with van der Waals surface area (Å²) in [6.45, 7) is 1.11. The molecule has 0 aliphatic carbocycles. The van der Waals surface area contributed by atoms with Gasteiger partial charge in [-0.25, -0.2) is 0 Å². The molecular weight excluding hydrogens is 304 g/mol. The van der Waals surface area contributed by atoms with Gasteiger partial charge in [0, 0.05) is 11.8 Å². The second kappa shape index (κ2) is 6.35. The molecular formula is C7H17NO7P2S. The molecule has 0 aromatic rings. The molecule has 0 saturated carbocycles. The van der Waals surface area contributed by atoms with Gasteiger partial charge in [-0.15, -0.1) is 0 Å². The fourth-order valence-corrected chi connectivity index (χ4v) is 4.26. The smallest absolute Gasteiger partial charge is 0.354 e. The summed E-state index contributed by atoms with van der Waals surface area (Å²) in [4.78, 5) is 35.7. The number of hydrogen-bond donors (Lipinski definition) is 6. The van der Waals surface area contributed by atoms with E-state index in [1.807, 2.05) is 0 Å². The highest BCUT2D eigenvalue weighted by Gasteiger charge is 2.39. The summed E-state index contributed by atoms with van der Waals surface area (Å²) in [6, 6.07) is 0. The average Bonchev–Trinajstić information content (AvgIpc) is 2.17. The molecule has 8 nitrogen and oxygen atoms in total. The highest BCUT2D eigenvalue weighted by Crippen LogP contribution is 2.50. The van der Waals surface area contributed by atoms with E-state index in [9.17, 15) is 9.13 Å². The van der Waals surface area contributed by atoms with E-state index >= 15 is 0 Å². The van der Waals surface area contributed by atoms with Crippen molar-refractivity contribution in [2.24, 2.45) is 0 Å². The zero-order chi connectivity index (χ0) is 14.0. The molecule has 3 atom stereocenters. The van der Waals surface area contributed by atoms with E-state index in [1.165, 1.54) is 0 Å². The summed E-state index contributed by atoms with van der Waals surface area (Å²) in [5, 5.41) is 2.75. The van der Waals surface area contributed by atoms with Crippen LogP contribution in [0.4, 0.5) is 0 Å². The van der Waals surface area contributed by atoms with E-state index in [0.29, 0.717) is 19.5 Å². The molecule has 1 fully saturated rings. The monoisotopic (exact) mass is 321 g/mol. The van der Waals surface area contributed by atoms with E-state index in [1.54, 1.807) is 0 Å². The molecule has 5 N–H and O–H groups in total. The van der Waals surface area contributed by atoms with Crippen LogP contribution in [0.3, 0.4) is 0 Å². The Bertz CT molecular complexity index is 369. The van der Waals surface area contributed by atoms with E-state index in [-0.39, 0.29) is 5.25 Å². The molecule has 3 unspecified atom stereocenters. The Morgan fingerprint density at radius 2 is 1.94 bits per heavy atom. The van der Waals surface area contributed by atoms with E-state index in [4.69, 9.17) is 24.3 Å². The third kappa shape index (κ3) is 5.69. The molecule has 0 radical (unpaired) electrons. The highest BCUT2D eigenvalue weighted by molar-refractivity contribution is 7.81. The van der Waals surface area contributed by atoms with Crippen molar-refractivity contribution in [2.45, 2.75) is 23.6 Å². The highest BCUT2D eigenvalue weighted by atomic mass is 32.1. The van der Waals surface area contributed by atoms with Crippen molar-refractivity contribution in [3.05, 3.63) is 0 Å². The van der Waals surface area contributed by atoms with Crippen molar-refractivity contribution in [2.75, 3.05) is 19.3 Å². The average molecular weight is 321 g/mol. The van der Waals surface area contributed by atoms with Gasteiger partial charge in [-0.2, -0.15) is 12.6 Å². The molecule has 1 saturated heterocycles. The summed E-state index contributed by atoms with van der Waals surface area (Å²) < 4.78 is 27.2. The Labute approximate surface area is 110 Å². The van der Waals surface area contributed by atoms with Crippen molar-refractivity contribution in [1.82, 2.24) is 5.32 Å². The van der Waals surface area contributed by atoms with E-state index in [0.717, 1.165) is 0 Å². The van der Waals surface area contributed by atoms with Crippen LogP contribution in [0.2, 0.25) is 0 Å². The second-order valence-corrected chi connectivity index (χ2v) is 8.24. The molecule has 0 spiro atoms. The van der Waals surface area contributed by atoms with Gasteiger partial charge in [-0.1, -0.05) is 0 Å². The first kappa shape index (κ1) is 16.6. The Morgan fingerprint density at radius 1 is 1.33 bits per heavy atom. The maximum absolute atomic E-state index is 11.2. The minimum Gasteiger partial charge on any atom is -0.360 e. The molecule has 108 valence electrons. The van der Waals surface area contributed by atoms with E-state index < -0.39 is 33.3 Å². The summed E-state index contributed by atoms with van der Waals surface area (Å²) in [7, 11) is -9.30. The van der Waals surface area contributed by atoms with Gasteiger partial charge in [-0.05, 0) is 13.0 Å². The lowest BCUT2D eigenvalue weighted by Gasteiger charge is -2.32. The van der Waals surface area contributed by atoms with Gasteiger partial charge >= 0.3 is 15.2 Å². The summed E-state index contributed by atoms with van der Waals surface area (Å²) in [5.41, 5.74) is 0. The molecule has 18 heavy (non-hydrogen) atoms. The van der Waals surface area contributed by atoms with Gasteiger partial charge < -0.3 is 29.6 Å². The molecule has 0 aromatic carbocycles. The quantitative estimate of drug-likeness (QED) is 0.290. The summed E-state index contributed by atoms with van der Waals surface area (Å²) in [6.07, 6.45) is -1.06. The third-order valence-corrected chi connectivity index (χ3v) is 5.15. The third-order valence-electron chi connectivity index (χ3n) is 2.49. The molecule has 1 aliphatic rings. The predicted molar refractivity (Wildman–Crippen MR) is 67.9 cm³/mol. The molecule has 1 rings (SSSR count). The van der Waals surface area contributed by atoms with Crippen LogP contribution in [0.25, 0.3) is 0 Å². The van der Waals surface area contributed by atoms with Crippen LogP contribution in [0.15, 0.2) is 0 Å². The lowest BCUT2D eigenvalue weighted by molar-refractivity contribution is 0.0128. The zero-order valence-corrected chi connectivity index (χ0v) is 12.1. The molecule has 0 aromatic heterocycles. The standard InChI is InChI=1S/C7H17NO7P2S/c9-16(10,11)4-7(17(12,13)14)15-5-1-2-8-3-6(5)18/h5-8,18H,1-4H2,(H2,9,10,11)(H2,12,13,14). The van der Waals surface area contributed by atoms with Gasteiger partial charge in [-0.3, -0.25) is 9.13 Å². The first-order valence-corrected chi connectivity index (χ1v) is 9.23. The minimum atomic E-state index is -4.73. The number of thiol groups is 1. The Balaban J connectivity index is 2.72. The number of ether oxygens (including phenoxy) is 1. The molecule has 0 bridgehead atoms. The van der Waals surface area contributed by atoms with Crippen LogP contribution in [0, 0.1) is 0 Å². The van der Waals surface area contributed by atoms with Crippen molar-refractivity contribution in [3.63, 3.8) is 0 Å². The van der Waals surface area contributed by atoms with Gasteiger partial charge in [0.25, 0.3) is 0 Å². The van der Waals surface area contributed by atoms with Crippen LogP contribution in [-0.4, -0.2) is 56.0 Å². The molecule has 1 heterocycles. The van der Waals surface area contributed by atoms with Crippen LogP contribution in [0.1, 0.15) is 6.42 Å². The van der Waals surface area contributed by atoms with Gasteiger partial charge in [0.05, 0.1) is 12.3 Å². The van der Waals surface area contributed by atoms with Crippen LogP contribution >= 0.6 is 27.8 Å². The van der Waals surface area contributed by atoms with Crippen molar-refractivity contribution in [1.29, 1.82) is 0 Å². The minimum absolute atomic E-state index is 0.274. The number of piperidine rings is 1.